The molecular weight excluding hydrogens is 614 g/mol. The summed E-state index contributed by atoms with van der Waals surface area (Å²) in [4.78, 5) is 57.1. The molecule has 3 rings (SSSR count). The molecule has 0 bridgehead atoms. The molecule has 0 aliphatic carbocycles. The van der Waals surface area contributed by atoms with E-state index in [1.165, 1.54) is 23.2 Å². The van der Waals surface area contributed by atoms with E-state index in [1.54, 1.807) is 0 Å². The van der Waals surface area contributed by atoms with E-state index < -0.39 is 62.1 Å². The van der Waals surface area contributed by atoms with Crippen molar-refractivity contribution in [3.8, 4) is 0 Å². The Hall–Kier alpha value is -2.88. The molecule has 1 aromatic rings. The SMILES string of the molecule is C=CC1=C(C(=O)O)N2C(=O)[C@@H](NC(=O)/C(=N\OCC(=O)O)c3csc(N)n3)[C@H]2SC1.O=[Te](O)O. The first-order valence-corrected chi connectivity index (χ1v) is 13.7. The molecule has 0 aromatic carbocycles. The number of β-lactam (4-membered cyclic amide) rings is 1. The Balaban J connectivity index is 0.000000945. The van der Waals surface area contributed by atoms with Gasteiger partial charge in [0.25, 0.3) is 11.8 Å². The molecule has 34 heavy (non-hydrogen) atoms. The number of aromatic nitrogens is 1. The third kappa shape index (κ3) is 6.59. The van der Waals surface area contributed by atoms with Crippen LogP contribution < -0.4 is 11.1 Å². The number of nitrogens with one attached hydrogen (secondary N) is 1. The molecule has 2 atom stereocenters. The third-order valence-electron chi connectivity index (χ3n) is 4.06. The second-order valence-electron chi connectivity index (χ2n) is 6.15. The maximum absolute atomic E-state index is 12.7. The first-order chi connectivity index (χ1) is 16.0. The zero-order chi connectivity index (χ0) is 25.6. The predicted molar refractivity (Wildman–Crippen MR) is 117 cm³/mol. The molecule has 15 nitrogen and oxygen atoms in total. The van der Waals surface area contributed by atoms with E-state index in [0.717, 1.165) is 16.2 Å². The van der Waals surface area contributed by atoms with Crippen LogP contribution in [0.5, 0.6) is 0 Å². The summed E-state index contributed by atoms with van der Waals surface area (Å²) in [5.41, 5.74) is 5.48. The average molecular weight is 631 g/mol. The second kappa shape index (κ2) is 12.0. The van der Waals surface area contributed by atoms with Gasteiger partial charge in [-0.3, -0.25) is 14.5 Å². The van der Waals surface area contributed by atoms with E-state index in [9.17, 15) is 24.3 Å². The van der Waals surface area contributed by atoms with Crippen molar-refractivity contribution in [1.29, 1.82) is 0 Å². The number of amides is 2. The van der Waals surface area contributed by atoms with Gasteiger partial charge in [0, 0.05) is 11.1 Å². The molecule has 0 radical (unpaired) electrons. The zero-order valence-corrected chi connectivity index (χ0v) is 20.8. The fraction of sp³-hybridized carbons (Fsp3) is 0.250. The zero-order valence-electron chi connectivity index (χ0n) is 16.8. The quantitative estimate of drug-likeness (QED) is 0.0777. The number of aliphatic carboxylic acids is 2. The monoisotopic (exact) mass is 633 g/mol. The summed E-state index contributed by atoms with van der Waals surface area (Å²) >= 11 is -1.31. The number of rotatable bonds is 8. The Kier molecular flexibility index (Phi) is 9.66. The van der Waals surface area contributed by atoms with Gasteiger partial charge in [0.1, 0.15) is 22.8 Å². The van der Waals surface area contributed by atoms with Crippen LogP contribution in [-0.4, -0.2) is 101 Å². The topological polar surface area (TPSA) is 242 Å². The number of oxime groups is 1. The fourth-order valence-corrected chi connectivity index (χ4v) is 4.65. The van der Waals surface area contributed by atoms with Crippen LogP contribution in [0.3, 0.4) is 0 Å². The Bertz CT molecular complexity index is 1100. The van der Waals surface area contributed by atoms with Crippen molar-refractivity contribution in [2.75, 3.05) is 18.1 Å². The van der Waals surface area contributed by atoms with E-state index in [4.69, 9.17) is 20.9 Å². The number of carbonyl (C=O) groups excluding carboxylic acids is 2. The molecule has 1 saturated heterocycles. The summed E-state index contributed by atoms with van der Waals surface area (Å²) in [6.07, 6.45) is 1.38. The van der Waals surface area contributed by atoms with Crippen LogP contribution in [-0.2, 0) is 27.1 Å². The van der Waals surface area contributed by atoms with Crippen molar-refractivity contribution in [3.63, 3.8) is 0 Å². The van der Waals surface area contributed by atoms with E-state index >= 15 is 0 Å². The number of nitrogen functional groups attached to an aromatic ring is 1. The summed E-state index contributed by atoms with van der Waals surface area (Å²) in [6, 6.07) is -1.01. The number of hydrogen-bond donors (Lipinski definition) is 6. The number of thiazole rings is 1. The molecular formula is C16H17N5O10S2Te. The molecule has 184 valence electrons. The first-order valence-electron chi connectivity index (χ1n) is 8.75. The van der Waals surface area contributed by atoms with Crippen molar-refractivity contribution in [2.24, 2.45) is 5.16 Å². The molecule has 2 aliphatic heterocycles. The number of carboxylic acids is 2. The van der Waals surface area contributed by atoms with Crippen LogP contribution in [0.4, 0.5) is 5.13 Å². The summed E-state index contributed by atoms with van der Waals surface area (Å²) in [6.45, 7) is 2.77. The van der Waals surface area contributed by atoms with E-state index in [0.29, 0.717) is 11.3 Å². The Morgan fingerprint density at radius 3 is 2.56 bits per heavy atom. The molecule has 18 heteroatoms. The molecule has 7 N–H and O–H groups in total. The molecule has 0 saturated carbocycles. The minimum absolute atomic E-state index is 0.0420. The third-order valence-corrected chi connectivity index (χ3v) is 6.03. The van der Waals surface area contributed by atoms with E-state index in [2.05, 4.69) is 26.9 Å². The van der Waals surface area contributed by atoms with Crippen LogP contribution in [0.25, 0.3) is 0 Å². The van der Waals surface area contributed by atoms with Gasteiger partial charge in [0.15, 0.2) is 10.8 Å². The van der Waals surface area contributed by atoms with Gasteiger partial charge in [-0.05, 0) is 5.57 Å². The normalized spacial score (nSPS) is 19.4. The number of nitrogens with zero attached hydrogens (tertiary/aromatic N) is 3. The molecule has 2 amide bonds. The van der Waals surface area contributed by atoms with Gasteiger partial charge < -0.3 is 26.1 Å². The van der Waals surface area contributed by atoms with Crippen LogP contribution in [0, 0.1) is 0 Å². The molecule has 3 heterocycles. The summed E-state index contributed by atoms with van der Waals surface area (Å²) in [7, 11) is 0. The number of fused-ring (bicyclic) bond motifs is 1. The standard InChI is InChI=1S/C16H15N5O7S2.H2O3Te/c1-2-6-4-29-14-10(13(25)21(14)11(6)15(26)27)19-12(24)9(20-28-3-8(22)23)7-5-30-16(17)18-7;1-4(2)3/h2,5,10,14H,1,3-4H2,(H2,17,18)(H,19,24)(H,22,23)(H,26,27);(H2,1,2,3)/b20-9-;/t10-,14-;/m1./s1. The van der Waals surface area contributed by atoms with Crippen LogP contribution in [0.1, 0.15) is 5.69 Å². The van der Waals surface area contributed by atoms with Crippen molar-refractivity contribution in [3.05, 3.63) is 35.0 Å². The minimum atomic E-state index is -3.61. The Labute approximate surface area is 206 Å². The number of carboxylic acid groups (broad SMARTS) is 2. The summed E-state index contributed by atoms with van der Waals surface area (Å²) < 4.78 is 23.3. The molecule has 1 fully saturated rings. The fourth-order valence-electron chi connectivity index (χ4n) is 2.76. The number of anilines is 1. The molecule has 0 unspecified atom stereocenters. The summed E-state index contributed by atoms with van der Waals surface area (Å²) in [5.74, 6) is -3.72. The van der Waals surface area contributed by atoms with Gasteiger partial charge in [-0.15, -0.1) is 23.1 Å². The second-order valence-corrected chi connectivity index (χ2v) is 9.46. The van der Waals surface area contributed by atoms with Gasteiger partial charge in [-0.1, -0.05) is 17.8 Å². The van der Waals surface area contributed by atoms with Gasteiger partial charge in [0.05, 0.1) is 0 Å². The van der Waals surface area contributed by atoms with Crippen molar-refractivity contribution >= 4 is 78.1 Å². The van der Waals surface area contributed by atoms with Gasteiger partial charge >= 0.3 is 42.3 Å². The number of thioether (sulfide) groups is 1. The van der Waals surface area contributed by atoms with Crippen molar-refractivity contribution in [1.82, 2.24) is 15.2 Å². The number of carbonyl (C=O) groups is 4. The number of allylic oxidation sites excluding steroid dienone is 1. The first kappa shape index (κ1) is 27.4. The van der Waals surface area contributed by atoms with Crippen LogP contribution in [0.2, 0.25) is 0 Å². The average Bonchev–Trinajstić information content (AvgIpc) is 3.18. The van der Waals surface area contributed by atoms with Gasteiger partial charge in [0.2, 0.25) is 6.61 Å². The number of nitrogens with two attached hydrogens (primary N) is 1. The predicted octanol–water partition coefficient (Wildman–Crippen LogP) is -2.16. The molecule has 2 aliphatic rings. The van der Waals surface area contributed by atoms with Gasteiger partial charge in [-0.25, -0.2) is 14.6 Å². The number of hydrogen-bond acceptors (Lipinski definition) is 11. The molecule has 0 spiro atoms. The van der Waals surface area contributed by atoms with Crippen LogP contribution in [0.15, 0.2) is 34.5 Å². The van der Waals surface area contributed by atoms with E-state index in [1.807, 2.05) is 0 Å². The summed E-state index contributed by atoms with van der Waals surface area (Å²) in [5, 5.41) is 25.0. The Morgan fingerprint density at radius 2 is 2.06 bits per heavy atom. The van der Waals surface area contributed by atoms with Crippen molar-refractivity contribution in [2.45, 2.75) is 11.4 Å². The van der Waals surface area contributed by atoms with Crippen molar-refractivity contribution < 1.29 is 44.3 Å². The maximum atomic E-state index is 12.7. The van der Waals surface area contributed by atoms with Gasteiger partial charge in [-0.2, -0.15) is 0 Å². The van der Waals surface area contributed by atoms with E-state index in [-0.39, 0.29) is 22.2 Å². The Morgan fingerprint density at radius 1 is 1.41 bits per heavy atom. The molecule has 1 aromatic heterocycles. The van der Waals surface area contributed by atoms with Crippen LogP contribution >= 0.6 is 23.1 Å².